The Morgan fingerprint density at radius 2 is 0.324 bits per heavy atom. The van der Waals surface area contributed by atoms with E-state index in [0.29, 0.717) is 177 Å². The van der Waals surface area contributed by atoms with Gasteiger partial charge in [0.1, 0.15) is 95.4 Å². The summed E-state index contributed by atoms with van der Waals surface area (Å²) in [6.07, 6.45) is 0. The van der Waals surface area contributed by atoms with Crippen LogP contribution in [0.3, 0.4) is 0 Å². The highest BCUT2D eigenvalue weighted by atomic mass is 16.6. The molecule has 108 heavy (non-hydrogen) atoms. The van der Waals surface area contributed by atoms with Crippen LogP contribution in [0.5, 0.6) is 69.0 Å². The van der Waals surface area contributed by atoms with Gasteiger partial charge in [-0.3, -0.25) is 0 Å². The fraction of sp³-hybridized carbons (Fsp3) is 0.429. The van der Waals surface area contributed by atoms with E-state index in [4.69, 9.17) is 75.8 Å². The van der Waals surface area contributed by atoms with Gasteiger partial charge < -0.3 is 117 Å². The standard InChI is InChI=1S/C84H104O24/c1-5-93-25-29-97-33-37-101-41-45-105-61-17-9-57(10-18-61)81-65-49-67(75(87)53-73(65)85)82(58-11-19-62(20-12-58)106-46-42-102-38-34-98-30-26-94-6-2)69-51-71(79(91)55-77(69)89)84(60-15-23-64(24-16-60)108-48-44-104-40-36-100-32-28-96-8-4)72-52-70(78(90)56-80(72)92)83(68-50-66(81)74(86)54-76(68)88)59-13-21-63(22-14-59)107-47-43-103-39-35-99-31-27-95-7-3/h9-24,49-56,81-92H,5-8,25-48H2,1-4H3. The van der Waals surface area contributed by atoms with Crippen molar-refractivity contribution in [3.05, 3.63) is 212 Å². The van der Waals surface area contributed by atoms with Crippen LogP contribution in [0.25, 0.3) is 0 Å². The number of hydrogen-bond acceptors (Lipinski definition) is 24. The predicted octanol–water partition coefficient (Wildman–Crippen LogP) is 12.2. The van der Waals surface area contributed by atoms with E-state index < -0.39 is 69.7 Å². The lowest BCUT2D eigenvalue weighted by atomic mass is 9.75. The lowest BCUT2D eigenvalue weighted by molar-refractivity contribution is 0.0114. The quantitative estimate of drug-likeness (QED) is 0.0164. The SMILES string of the molecule is CCOCCOCCOCCOc1ccc(C2c3cc(c(O)cc3O)C(c3ccc(OCCOCCOCCOCC)cc3)c3cc(c(O)cc3O)C(c3ccc(OCCOCCOCCOCC)cc3)c3cc(c(O)cc3O)C(c3ccc(OCCOCCOCCOCC)cc3)c3cc2c(O)cc3O)cc1. The van der Waals surface area contributed by atoms with E-state index in [2.05, 4.69) is 0 Å². The number of ether oxygens (including phenoxy) is 16. The van der Waals surface area contributed by atoms with Gasteiger partial charge in [-0.1, -0.05) is 48.5 Å². The molecular weight excluding hydrogens is 1390 g/mol. The number of benzene rings is 8. The Hall–Kier alpha value is -9.12. The molecule has 0 aliphatic heterocycles. The second-order valence-corrected chi connectivity index (χ2v) is 25.0. The molecule has 24 heteroatoms. The zero-order chi connectivity index (χ0) is 76.2. The van der Waals surface area contributed by atoms with Gasteiger partial charge in [0.05, 0.1) is 132 Å². The summed E-state index contributed by atoms with van der Waals surface area (Å²) in [4.78, 5) is 0. The van der Waals surface area contributed by atoms with E-state index in [1.165, 1.54) is 24.3 Å². The summed E-state index contributed by atoms with van der Waals surface area (Å²) in [6.45, 7) is 18.6. The molecule has 0 heterocycles. The van der Waals surface area contributed by atoms with Crippen molar-refractivity contribution in [1.29, 1.82) is 0 Å². The Balaban J connectivity index is 1.17. The van der Waals surface area contributed by atoms with E-state index >= 15 is 0 Å². The molecule has 8 N–H and O–H groups in total. The molecule has 0 fully saturated rings. The Kier molecular flexibility index (Phi) is 34.6. The highest BCUT2D eigenvalue weighted by Gasteiger charge is 2.36. The fourth-order valence-corrected chi connectivity index (χ4v) is 12.6. The predicted molar refractivity (Wildman–Crippen MR) is 403 cm³/mol. The van der Waals surface area contributed by atoms with Crippen molar-refractivity contribution < 1.29 is 117 Å². The maximum atomic E-state index is 12.6. The molecule has 584 valence electrons. The molecule has 0 unspecified atom stereocenters. The van der Waals surface area contributed by atoms with E-state index in [-0.39, 0.29) is 97.4 Å². The summed E-state index contributed by atoms with van der Waals surface area (Å²) in [5.41, 5.74) is 3.31. The Labute approximate surface area is 631 Å². The van der Waals surface area contributed by atoms with Crippen molar-refractivity contribution in [2.75, 3.05) is 185 Å². The van der Waals surface area contributed by atoms with E-state index in [1.807, 2.05) is 27.7 Å². The minimum atomic E-state index is -1.13. The molecule has 24 nitrogen and oxygen atoms in total. The van der Waals surface area contributed by atoms with Crippen molar-refractivity contribution in [2.24, 2.45) is 0 Å². The van der Waals surface area contributed by atoms with Crippen LogP contribution in [0.4, 0.5) is 0 Å². The zero-order valence-electron chi connectivity index (χ0n) is 62.1. The van der Waals surface area contributed by atoms with Gasteiger partial charge in [0.15, 0.2) is 0 Å². The largest absolute Gasteiger partial charge is 0.507 e. The van der Waals surface area contributed by atoms with Crippen LogP contribution in [0.2, 0.25) is 0 Å². The second-order valence-electron chi connectivity index (χ2n) is 25.0. The highest BCUT2D eigenvalue weighted by Crippen LogP contribution is 2.54. The van der Waals surface area contributed by atoms with Gasteiger partial charge in [0.2, 0.25) is 0 Å². The maximum absolute atomic E-state index is 12.6. The smallest absolute Gasteiger partial charge is 0.123 e. The Morgan fingerprint density at radius 3 is 0.472 bits per heavy atom. The minimum absolute atomic E-state index is 0.163. The van der Waals surface area contributed by atoms with Gasteiger partial charge in [-0.15, -0.1) is 0 Å². The van der Waals surface area contributed by atoms with E-state index in [9.17, 15) is 40.9 Å². The van der Waals surface area contributed by atoms with Gasteiger partial charge >= 0.3 is 0 Å². The molecule has 0 aromatic heterocycles. The first-order valence-electron chi connectivity index (χ1n) is 36.9. The third-order valence-corrected chi connectivity index (χ3v) is 17.8. The molecular formula is C84H104O24. The highest BCUT2D eigenvalue weighted by molar-refractivity contribution is 5.67. The normalized spacial score (nSPS) is 14.8. The van der Waals surface area contributed by atoms with Crippen LogP contribution in [0.1, 0.15) is 118 Å². The molecule has 0 atom stereocenters. The van der Waals surface area contributed by atoms with Crippen molar-refractivity contribution in [1.82, 2.24) is 0 Å². The average Bonchev–Trinajstić information content (AvgIpc) is 0.742. The molecule has 8 aromatic carbocycles. The topological polar surface area (TPSA) is 310 Å². The minimum Gasteiger partial charge on any atom is -0.507 e. The molecule has 9 rings (SSSR count). The Morgan fingerprint density at radius 1 is 0.185 bits per heavy atom. The van der Waals surface area contributed by atoms with Crippen LogP contribution in [0, 0.1) is 0 Å². The van der Waals surface area contributed by atoms with Crippen LogP contribution in [0.15, 0.2) is 146 Å². The summed E-state index contributed by atoms with van der Waals surface area (Å²) in [6, 6.07) is 39.3. The zero-order valence-corrected chi connectivity index (χ0v) is 62.1. The summed E-state index contributed by atoms with van der Waals surface area (Å²) >= 11 is 0. The first-order valence-corrected chi connectivity index (χ1v) is 36.9. The van der Waals surface area contributed by atoms with E-state index in [1.54, 1.807) is 121 Å². The molecule has 8 bridgehead atoms. The van der Waals surface area contributed by atoms with Crippen LogP contribution >= 0.6 is 0 Å². The molecule has 8 aromatic rings. The molecule has 0 saturated carbocycles. The third-order valence-electron chi connectivity index (χ3n) is 17.8. The molecule has 0 radical (unpaired) electrons. The lowest BCUT2D eigenvalue weighted by Crippen LogP contribution is -2.14. The van der Waals surface area contributed by atoms with Crippen molar-refractivity contribution >= 4 is 0 Å². The molecule has 0 saturated heterocycles. The molecule has 0 spiro atoms. The first kappa shape index (κ1) is 82.9. The molecule has 1 aliphatic rings. The summed E-state index contributed by atoms with van der Waals surface area (Å²) in [5.74, 6) is -5.79. The van der Waals surface area contributed by atoms with Gasteiger partial charge in [-0.25, -0.2) is 0 Å². The lowest BCUT2D eigenvalue weighted by Gasteiger charge is -2.30. The van der Waals surface area contributed by atoms with Crippen LogP contribution in [-0.4, -0.2) is 226 Å². The monoisotopic (exact) mass is 1500 g/mol. The number of aromatic hydroxyl groups is 8. The number of phenolic OH excluding ortho intramolecular Hbond substituents is 8. The number of hydrogen-bond donors (Lipinski definition) is 8. The maximum Gasteiger partial charge on any atom is 0.123 e. The Bertz CT molecular complexity index is 3320. The average molecular weight is 1500 g/mol. The van der Waals surface area contributed by atoms with Gasteiger partial charge in [-0.2, -0.15) is 0 Å². The fourth-order valence-electron chi connectivity index (χ4n) is 12.6. The number of rotatable bonds is 48. The molecule has 1 aliphatic carbocycles. The third kappa shape index (κ3) is 24.4. The van der Waals surface area contributed by atoms with Gasteiger partial charge in [0.25, 0.3) is 0 Å². The second kappa shape index (κ2) is 45.0. The van der Waals surface area contributed by atoms with Crippen molar-refractivity contribution in [3.8, 4) is 69.0 Å². The first-order chi connectivity index (χ1) is 52.8. The van der Waals surface area contributed by atoms with Crippen LogP contribution < -0.4 is 18.9 Å². The van der Waals surface area contributed by atoms with Crippen molar-refractivity contribution in [2.45, 2.75) is 51.4 Å². The summed E-state index contributed by atoms with van der Waals surface area (Å²) in [5, 5.41) is 101. The van der Waals surface area contributed by atoms with Gasteiger partial charge in [0, 0.05) is 119 Å². The van der Waals surface area contributed by atoms with E-state index in [0.717, 1.165) is 0 Å². The summed E-state index contributed by atoms with van der Waals surface area (Å²) in [7, 11) is 0. The van der Waals surface area contributed by atoms with Crippen molar-refractivity contribution in [3.63, 3.8) is 0 Å². The summed E-state index contributed by atoms with van der Waals surface area (Å²) < 4.78 is 91.4. The number of phenols is 8. The van der Waals surface area contributed by atoms with Crippen LogP contribution in [-0.2, 0) is 56.8 Å². The van der Waals surface area contributed by atoms with Gasteiger partial charge in [-0.05, 0) is 123 Å². The molecule has 0 amide bonds. The number of fused-ring (bicyclic) bond motifs is 8.